The van der Waals surface area contributed by atoms with Crippen molar-refractivity contribution in [3.05, 3.63) is 0 Å². The summed E-state index contributed by atoms with van der Waals surface area (Å²) >= 11 is 0. The number of amides is 1. The lowest BCUT2D eigenvalue weighted by atomic mass is 10.1. The molecule has 0 saturated carbocycles. The van der Waals surface area contributed by atoms with Gasteiger partial charge in [0.05, 0.1) is 12.1 Å². The molecule has 0 spiro atoms. The van der Waals surface area contributed by atoms with Crippen molar-refractivity contribution < 1.29 is 9.90 Å². The average Bonchev–Trinajstić information content (AvgIpc) is 2.04. The summed E-state index contributed by atoms with van der Waals surface area (Å²) in [7, 11) is 0. The third-order valence-electron chi connectivity index (χ3n) is 2.17. The number of carbonyl (C=O) groups is 1. The van der Waals surface area contributed by atoms with E-state index >= 15 is 0 Å². The first kappa shape index (κ1) is 9.48. The van der Waals surface area contributed by atoms with Gasteiger partial charge in [-0.15, -0.1) is 0 Å². The summed E-state index contributed by atoms with van der Waals surface area (Å²) in [4.78, 5) is 13.0. The van der Waals surface area contributed by atoms with Crippen LogP contribution in [-0.2, 0) is 4.79 Å². The lowest BCUT2D eigenvalue weighted by Crippen LogP contribution is -2.46. The fourth-order valence-electron chi connectivity index (χ4n) is 1.37. The van der Waals surface area contributed by atoms with Crippen molar-refractivity contribution in [3.8, 4) is 0 Å². The van der Waals surface area contributed by atoms with Gasteiger partial charge in [-0.1, -0.05) is 0 Å². The summed E-state index contributed by atoms with van der Waals surface area (Å²) in [5, 5.41) is 9.18. The van der Waals surface area contributed by atoms with E-state index < -0.39 is 6.04 Å². The standard InChI is InChI=1S/C8H16N2O2/c1-6(9)8(12)10-4-2-7(11)3-5-10/h6-7,11H,2-5,9H2,1H3/t6-/m0/s1. The van der Waals surface area contributed by atoms with E-state index in [0.29, 0.717) is 25.9 Å². The van der Waals surface area contributed by atoms with E-state index in [2.05, 4.69) is 0 Å². The van der Waals surface area contributed by atoms with Gasteiger partial charge < -0.3 is 15.7 Å². The van der Waals surface area contributed by atoms with E-state index in [4.69, 9.17) is 5.73 Å². The molecule has 0 radical (unpaired) electrons. The zero-order valence-electron chi connectivity index (χ0n) is 7.36. The first-order valence-corrected chi connectivity index (χ1v) is 4.33. The number of hydrogen-bond donors (Lipinski definition) is 2. The van der Waals surface area contributed by atoms with Crippen molar-refractivity contribution in [2.75, 3.05) is 13.1 Å². The molecule has 0 bridgehead atoms. The van der Waals surface area contributed by atoms with Crippen molar-refractivity contribution in [2.45, 2.75) is 31.9 Å². The van der Waals surface area contributed by atoms with E-state index in [-0.39, 0.29) is 12.0 Å². The third-order valence-corrected chi connectivity index (χ3v) is 2.17. The molecule has 0 aromatic carbocycles. The maximum atomic E-state index is 11.3. The Kier molecular flexibility index (Phi) is 3.05. The summed E-state index contributed by atoms with van der Waals surface area (Å²) in [6.07, 6.45) is 1.12. The highest BCUT2D eigenvalue weighted by Crippen LogP contribution is 2.10. The number of piperidine rings is 1. The minimum Gasteiger partial charge on any atom is -0.393 e. The van der Waals surface area contributed by atoms with Crippen LogP contribution in [0.15, 0.2) is 0 Å². The maximum absolute atomic E-state index is 11.3. The van der Waals surface area contributed by atoms with Gasteiger partial charge in [0.15, 0.2) is 0 Å². The van der Waals surface area contributed by atoms with E-state index in [1.165, 1.54) is 0 Å². The molecule has 70 valence electrons. The third kappa shape index (κ3) is 2.19. The van der Waals surface area contributed by atoms with Gasteiger partial charge in [-0.25, -0.2) is 0 Å². The Bertz CT molecular complexity index is 162. The lowest BCUT2D eigenvalue weighted by molar-refractivity contribution is -0.134. The Hall–Kier alpha value is -0.610. The molecule has 0 aliphatic carbocycles. The number of nitrogens with two attached hydrogens (primary N) is 1. The number of aliphatic hydroxyl groups excluding tert-OH is 1. The van der Waals surface area contributed by atoms with E-state index in [9.17, 15) is 9.90 Å². The molecule has 1 saturated heterocycles. The predicted molar refractivity (Wildman–Crippen MR) is 45.5 cm³/mol. The van der Waals surface area contributed by atoms with Gasteiger partial charge in [-0.3, -0.25) is 4.79 Å². The number of nitrogens with zero attached hydrogens (tertiary/aromatic N) is 1. The Morgan fingerprint density at radius 1 is 1.58 bits per heavy atom. The van der Waals surface area contributed by atoms with Crippen LogP contribution in [0.5, 0.6) is 0 Å². The molecule has 4 heteroatoms. The molecular weight excluding hydrogens is 156 g/mol. The molecule has 1 heterocycles. The monoisotopic (exact) mass is 172 g/mol. The van der Waals surface area contributed by atoms with Gasteiger partial charge >= 0.3 is 0 Å². The number of aliphatic hydroxyl groups is 1. The van der Waals surface area contributed by atoms with E-state index in [1.54, 1.807) is 11.8 Å². The van der Waals surface area contributed by atoms with Gasteiger partial charge in [0.25, 0.3) is 0 Å². The van der Waals surface area contributed by atoms with Crippen LogP contribution < -0.4 is 5.73 Å². The zero-order valence-corrected chi connectivity index (χ0v) is 7.36. The first-order chi connectivity index (χ1) is 5.61. The second-order valence-corrected chi connectivity index (χ2v) is 3.35. The van der Waals surface area contributed by atoms with Gasteiger partial charge in [0.1, 0.15) is 0 Å². The topological polar surface area (TPSA) is 66.6 Å². The zero-order chi connectivity index (χ0) is 9.14. The lowest BCUT2D eigenvalue weighted by Gasteiger charge is -2.30. The Morgan fingerprint density at radius 2 is 2.08 bits per heavy atom. The molecule has 1 aliphatic heterocycles. The molecule has 4 nitrogen and oxygen atoms in total. The highest BCUT2D eigenvalue weighted by atomic mass is 16.3. The Labute approximate surface area is 72.3 Å². The van der Waals surface area contributed by atoms with Crippen LogP contribution in [0.2, 0.25) is 0 Å². The fraction of sp³-hybridized carbons (Fsp3) is 0.875. The van der Waals surface area contributed by atoms with Crippen molar-refractivity contribution in [1.29, 1.82) is 0 Å². The fourth-order valence-corrected chi connectivity index (χ4v) is 1.37. The summed E-state index contributed by atoms with van der Waals surface area (Å²) < 4.78 is 0. The van der Waals surface area contributed by atoms with E-state index in [1.807, 2.05) is 0 Å². The molecule has 0 aromatic rings. The van der Waals surface area contributed by atoms with Crippen molar-refractivity contribution >= 4 is 5.91 Å². The minimum absolute atomic E-state index is 0.0121. The molecule has 0 aromatic heterocycles. The molecule has 12 heavy (non-hydrogen) atoms. The van der Waals surface area contributed by atoms with Crippen LogP contribution >= 0.6 is 0 Å². The summed E-state index contributed by atoms with van der Waals surface area (Å²) in [6.45, 7) is 2.97. The predicted octanol–water partition coefficient (Wildman–Crippen LogP) is -0.683. The summed E-state index contributed by atoms with van der Waals surface area (Å²) in [5.41, 5.74) is 5.45. The van der Waals surface area contributed by atoms with Gasteiger partial charge in [-0.05, 0) is 19.8 Å². The molecule has 1 rings (SSSR count). The van der Waals surface area contributed by atoms with Crippen molar-refractivity contribution in [2.24, 2.45) is 5.73 Å². The molecule has 3 N–H and O–H groups in total. The van der Waals surface area contributed by atoms with Gasteiger partial charge in [-0.2, -0.15) is 0 Å². The molecule has 1 aliphatic rings. The highest BCUT2D eigenvalue weighted by molar-refractivity contribution is 5.81. The normalized spacial score (nSPS) is 22.4. The number of likely N-dealkylation sites (tertiary alicyclic amines) is 1. The largest absolute Gasteiger partial charge is 0.393 e. The molecule has 0 unspecified atom stereocenters. The van der Waals surface area contributed by atoms with Crippen LogP contribution in [0, 0.1) is 0 Å². The van der Waals surface area contributed by atoms with Crippen LogP contribution in [0.3, 0.4) is 0 Å². The van der Waals surface area contributed by atoms with Crippen LogP contribution in [0.25, 0.3) is 0 Å². The van der Waals surface area contributed by atoms with E-state index in [0.717, 1.165) is 0 Å². The van der Waals surface area contributed by atoms with Crippen molar-refractivity contribution in [3.63, 3.8) is 0 Å². The number of rotatable bonds is 1. The maximum Gasteiger partial charge on any atom is 0.239 e. The summed E-state index contributed by atoms with van der Waals surface area (Å²) in [6, 6.07) is -0.416. The number of hydrogen-bond acceptors (Lipinski definition) is 3. The van der Waals surface area contributed by atoms with Crippen LogP contribution in [0.1, 0.15) is 19.8 Å². The van der Waals surface area contributed by atoms with Gasteiger partial charge in [0, 0.05) is 13.1 Å². The SMILES string of the molecule is C[C@H](N)C(=O)N1CCC(O)CC1. The van der Waals surface area contributed by atoms with Crippen LogP contribution in [-0.4, -0.2) is 41.1 Å². The van der Waals surface area contributed by atoms with Crippen molar-refractivity contribution in [1.82, 2.24) is 4.90 Å². The molecule has 1 atom stereocenters. The highest BCUT2D eigenvalue weighted by Gasteiger charge is 2.22. The Balaban J connectivity index is 2.39. The second kappa shape index (κ2) is 3.87. The average molecular weight is 172 g/mol. The minimum atomic E-state index is -0.416. The number of carbonyl (C=O) groups excluding carboxylic acids is 1. The quantitative estimate of drug-likeness (QED) is 0.550. The summed E-state index contributed by atoms with van der Waals surface area (Å²) in [5.74, 6) is -0.0121. The Morgan fingerprint density at radius 3 is 2.50 bits per heavy atom. The molecular formula is C8H16N2O2. The first-order valence-electron chi connectivity index (χ1n) is 4.33. The van der Waals surface area contributed by atoms with Crippen LogP contribution in [0.4, 0.5) is 0 Å². The smallest absolute Gasteiger partial charge is 0.239 e. The molecule has 1 amide bonds. The van der Waals surface area contributed by atoms with Gasteiger partial charge in [0.2, 0.25) is 5.91 Å². The molecule has 1 fully saturated rings. The second-order valence-electron chi connectivity index (χ2n) is 3.35.